The first kappa shape index (κ1) is 10.8. The summed E-state index contributed by atoms with van der Waals surface area (Å²) in [4.78, 5) is 21.5. The van der Waals surface area contributed by atoms with E-state index in [2.05, 4.69) is 9.47 Å². The SMILES string of the molecule is CC(=O)O[C@H](C)OC(=O)OC1CCC1. The van der Waals surface area contributed by atoms with Gasteiger partial charge in [-0.2, -0.15) is 0 Å². The summed E-state index contributed by atoms with van der Waals surface area (Å²) in [5.74, 6) is -0.492. The highest BCUT2D eigenvalue weighted by Crippen LogP contribution is 2.22. The first-order chi connectivity index (χ1) is 6.58. The second-order valence-corrected chi connectivity index (χ2v) is 3.22. The van der Waals surface area contributed by atoms with Crippen LogP contribution in [0.2, 0.25) is 0 Å². The number of rotatable bonds is 3. The molecule has 1 rings (SSSR count). The molecule has 1 aliphatic rings. The molecule has 5 nitrogen and oxygen atoms in total. The third-order valence-electron chi connectivity index (χ3n) is 1.91. The molecule has 0 aromatic heterocycles. The zero-order valence-electron chi connectivity index (χ0n) is 8.32. The molecule has 14 heavy (non-hydrogen) atoms. The molecule has 0 amide bonds. The number of carbonyl (C=O) groups is 2. The summed E-state index contributed by atoms with van der Waals surface area (Å²) in [6, 6.07) is 0. The molecule has 1 fully saturated rings. The van der Waals surface area contributed by atoms with E-state index >= 15 is 0 Å². The van der Waals surface area contributed by atoms with Crippen molar-refractivity contribution in [3.63, 3.8) is 0 Å². The van der Waals surface area contributed by atoms with Crippen molar-refractivity contribution in [1.29, 1.82) is 0 Å². The van der Waals surface area contributed by atoms with Gasteiger partial charge in [0, 0.05) is 13.8 Å². The summed E-state index contributed by atoms with van der Waals surface area (Å²) < 4.78 is 14.1. The number of ether oxygens (including phenoxy) is 3. The van der Waals surface area contributed by atoms with Crippen molar-refractivity contribution in [3.8, 4) is 0 Å². The molecular weight excluding hydrogens is 188 g/mol. The average Bonchev–Trinajstić information content (AvgIpc) is 1.94. The third-order valence-corrected chi connectivity index (χ3v) is 1.91. The normalized spacial score (nSPS) is 17.9. The molecule has 80 valence electrons. The van der Waals surface area contributed by atoms with Gasteiger partial charge in [0.15, 0.2) is 0 Å². The van der Waals surface area contributed by atoms with Crippen LogP contribution in [0, 0.1) is 0 Å². The summed E-state index contributed by atoms with van der Waals surface area (Å²) >= 11 is 0. The van der Waals surface area contributed by atoms with Crippen molar-refractivity contribution in [1.82, 2.24) is 0 Å². The lowest BCUT2D eigenvalue weighted by atomic mass is 9.96. The molecule has 5 heteroatoms. The van der Waals surface area contributed by atoms with E-state index in [0.717, 1.165) is 19.3 Å². The van der Waals surface area contributed by atoms with Crippen LogP contribution in [0.5, 0.6) is 0 Å². The first-order valence-corrected chi connectivity index (χ1v) is 4.62. The van der Waals surface area contributed by atoms with Crippen molar-refractivity contribution in [2.24, 2.45) is 0 Å². The fourth-order valence-corrected chi connectivity index (χ4v) is 1.05. The van der Waals surface area contributed by atoms with Gasteiger partial charge in [-0.3, -0.25) is 4.79 Å². The van der Waals surface area contributed by atoms with Crippen LogP contribution in [0.15, 0.2) is 0 Å². The van der Waals surface area contributed by atoms with E-state index in [1.54, 1.807) is 0 Å². The first-order valence-electron chi connectivity index (χ1n) is 4.62. The van der Waals surface area contributed by atoms with Gasteiger partial charge in [-0.1, -0.05) is 0 Å². The Kier molecular flexibility index (Phi) is 3.73. The van der Waals surface area contributed by atoms with Crippen LogP contribution >= 0.6 is 0 Å². The van der Waals surface area contributed by atoms with E-state index < -0.39 is 18.4 Å². The Morgan fingerprint density at radius 1 is 1.29 bits per heavy atom. The summed E-state index contributed by atoms with van der Waals surface area (Å²) in [7, 11) is 0. The summed E-state index contributed by atoms with van der Waals surface area (Å²) in [5, 5.41) is 0. The van der Waals surface area contributed by atoms with Gasteiger partial charge in [0.05, 0.1) is 0 Å². The quantitative estimate of drug-likeness (QED) is 0.513. The Balaban J connectivity index is 2.14. The van der Waals surface area contributed by atoms with Crippen LogP contribution in [-0.4, -0.2) is 24.5 Å². The van der Waals surface area contributed by atoms with Gasteiger partial charge in [-0.25, -0.2) is 4.79 Å². The van der Waals surface area contributed by atoms with Gasteiger partial charge in [0.1, 0.15) is 6.10 Å². The van der Waals surface area contributed by atoms with E-state index in [4.69, 9.17) is 4.74 Å². The highest BCUT2D eigenvalue weighted by atomic mass is 16.8. The zero-order valence-corrected chi connectivity index (χ0v) is 8.32. The van der Waals surface area contributed by atoms with E-state index in [0.29, 0.717) is 0 Å². The van der Waals surface area contributed by atoms with Gasteiger partial charge < -0.3 is 14.2 Å². The van der Waals surface area contributed by atoms with Crippen LogP contribution in [0.4, 0.5) is 4.79 Å². The van der Waals surface area contributed by atoms with Crippen LogP contribution < -0.4 is 0 Å². The maximum Gasteiger partial charge on any atom is 0.511 e. The monoisotopic (exact) mass is 202 g/mol. The Labute approximate surface area is 82.3 Å². The second-order valence-electron chi connectivity index (χ2n) is 3.22. The van der Waals surface area contributed by atoms with Crippen LogP contribution in [0.1, 0.15) is 33.1 Å². The molecule has 0 heterocycles. The minimum absolute atomic E-state index is 0.0213. The highest BCUT2D eigenvalue weighted by molar-refractivity contribution is 5.66. The van der Waals surface area contributed by atoms with Gasteiger partial charge in [0.2, 0.25) is 6.29 Å². The molecule has 0 aromatic carbocycles. The van der Waals surface area contributed by atoms with Gasteiger partial charge in [-0.05, 0) is 19.3 Å². The highest BCUT2D eigenvalue weighted by Gasteiger charge is 2.23. The Bertz CT molecular complexity index is 221. The lowest BCUT2D eigenvalue weighted by molar-refractivity contribution is -0.166. The smallest absolute Gasteiger partial charge is 0.431 e. The summed E-state index contributed by atoms with van der Waals surface area (Å²) in [6.45, 7) is 2.71. The number of carbonyl (C=O) groups excluding carboxylic acids is 2. The molecule has 1 aliphatic carbocycles. The zero-order chi connectivity index (χ0) is 10.6. The molecule has 1 saturated carbocycles. The predicted molar refractivity (Wildman–Crippen MR) is 46.4 cm³/mol. The van der Waals surface area contributed by atoms with E-state index in [-0.39, 0.29) is 6.10 Å². The Morgan fingerprint density at radius 2 is 1.93 bits per heavy atom. The molecule has 0 saturated heterocycles. The van der Waals surface area contributed by atoms with Crippen molar-refractivity contribution in [3.05, 3.63) is 0 Å². The van der Waals surface area contributed by atoms with Crippen LogP contribution in [-0.2, 0) is 19.0 Å². The summed E-state index contributed by atoms with van der Waals surface area (Å²) in [6.07, 6.45) is 1.17. The lowest BCUT2D eigenvalue weighted by Gasteiger charge is -2.25. The van der Waals surface area contributed by atoms with Crippen LogP contribution in [0.3, 0.4) is 0 Å². The Morgan fingerprint density at radius 3 is 2.36 bits per heavy atom. The predicted octanol–water partition coefficient (Wildman–Crippen LogP) is 1.60. The molecule has 0 radical (unpaired) electrons. The van der Waals surface area contributed by atoms with E-state index in [9.17, 15) is 9.59 Å². The van der Waals surface area contributed by atoms with Crippen molar-refractivity contribution in [2.45, 2.75) is 45.5 Å². The fraction of sp³-hybridized carbons (Fsp3) is 0.778. The third kappa shape index (κ3) is 3.64. The number of hydrogen-bond acceptors (Lipinski definition) is 5. The van der Waals surface area contributed by atoms with Gasteiger partial charge in [0.25, 0.3) is 0 Å². The minimum atomic E-state index is -0.889. The van der Waals surface area contributed by atoms with E-state index in [1.165, 1.54) is 13.8 Å². The molecular formula is C9H14O5. The van der Waals surface area contributed by atoms with Crippen molar-refractivity contribution in [2.75, 3.05) is 0 Å². The average molecular weight is 202 g/mol. The molecule has 0 bridgehead atoms. The maximum absolute atomic E-state index is 11.0. The molecule has 0 aliphatic heterocycles. The second kappa shape index (κ2) is 4.83. The minimum Gasteiger partial charge on any atom is -0.431 e. The van der Waals surface area contributed by atoms with Crippen molar-refractivity contribution < 1.29 is 23.8 Å². The molecule has 0 unspecified atom stereocenters. The lowest BCUT2D eigenvalue weighted by Crippen LogP contribution is -2.28. The largest absolute Gasteiger partial charge is 0.511 e. The molecule has 1 atom stereocenters. The Hall–Kier alpha value is -1.26. The number of esters is 1. The fourth-order valence-electron chi connectivity index (χ4n) is 1.05. The standard InChI is InChI=1S/C9H14O5/c1-6(10)12-7(2)13-9(11)14-8-4-3-5-8/h7-8H,3-5H2,1-2H3/t7-/m0/s1. The number of hydrogen-bond donors (Lipinski definition) is 0. The van der Waals surface area contributed by atoms with Gasteiger partial charge >= 0.3 is 12.1 Å². The molecule has 0 aromatic rings. The van der Waals surface area contributed by atoms with Crippen molar-refractivity contribution >= 4 is 12.1 Å². The molecule has 0 spiro atoms. The van der Waals surface area contributed by atoms with Crippen LogP contribution in [0.25, 0.3) is 0 Å². The van der Waals surface area contributed by atoms with E-state index in [1.807, 2.05) is 0 Å². The summed E-state index contributed by atoms with van der Waals surface area (Å²) in [5.41, 5.74) is 0. The maximum atomic E-state index is 11.0. The van der Waals surface area contributed by atoms with Gasteiger partial charge in [-0.15, -0.1) is 0 Å². The molecule has 0 N–H and O–H groups in total. The topological polar surface area (TPSA) is 61.8 Å².